The third kappa shape index (κ3) is 3.34. The Morgan fingerprint density at radius 3 is 3.08 bits per heavy atom. The fraction of sp³-hybridized carbons (Fsp3) is 0.556. The number of hydrogen-bond acceptors (Lipinski definition) is 4. The van der Waals surface area contributed by atoms with Crippen LogP contribution in [0.25, 0.3) is 0 Å². The number of ether oxygens (including phenoxy) is 1. The quantitative estimate of drug-likeness (QED) is 0.907. The average Bonchev–Trinajstić information content (AvgIpc) is 3.31. The van der Waals surface area contributed by atoms with Crippen LogP contribution in [0.15, 0.2) is 30.7 Å². The lowest BCUT2D eigenvalue weighted by atomic mass is 9.87. The van der Waals surface area contributed by atoms with Crippen LogP contribution in [0.3, 0.4) is 0 Å². The zero-order chi connectivity index (χ0) is 17.3. The summed E-state index contributed by atoms with van der Waals surface area (Å²) in [7, 11) is 2.03. The van der Waals surface area contributed by atoms with Crippen LogP contribution in [0.5, 0.6) is 0 Å². The molecule has 4 heterocycles. The van der Waals surface area contributed by atoms with E-state index in [0.29, 0.717) is 18.8 Å². The smallest absolute Gasteiger partial charge is 0.270 e. The van der Waals surface area contributed by atoms with Crippen molar-refractivity contribution in [1.82, 2.24) is 24.3 Å². The van der Waals surface area contributed by atoms with Crippen molar-refractivity contribution in [3.63, 3.8) is 0 Å². The van der Waals surface area contributed by atoms with E-state index < -0.39 is 0 Å². The minimum atomic E-state index is 0.0178. The summed E-state index contributed by atoms with van der Waals surface area (Å²) in [6, 6.07) is 3.70. The van der Waals surface area contributed by atoms with Crippen molar-refractivity contribution in [2.75, 3.05) is 39.4 Å². The highest BCUT2D eigenvalue weighted by Crippen LogP contribution is 2.34. The average molecular weight is 343 g/mol. The third-order valence-corrected chi connectivity index (χ3v) is 5.36. The highest BCUT2D eigenvalue weighted by Gasteiger charge is 2.42. The molecule has 0 bridgehead atoms. The SMILES string of the molecule is Cn1ccnc1CN1CC[C@@]2(COCCN(C(=O)c3ccc[nH]3)C2)C1. The van der Waals surface area contributed by atoms with Crippen LogP contribution in [0, 0.1) is 5.41 Å². The minimum absolute atomic E-state index is 0.0178. The molecule has 0 unspecified atom stereocenters. The Balaban J connectivity index is 1.45. The van der Waals surface area contributed by atoms with E-state index in [0.717, 1.165) is 45.0 Å². The summed E-state index contributed by atoms with van der Waals surface area (Å²) in [4.78, 5) is 24.6. The molecule has 0 aromatic carbocycles. The molecule has 2 aliphatic rings. The predicted octanol–water partition coefficient (Wildman–Crippen LogP) is 1.11. The Labute approximate surface area is 147 Å². The molecule has 1 amide bonds. The molecule has 0 radical (unpaired) electrons. The van der Waals surface area contributed by atoms with E-state index in [9.17, 15) is 4.79 Å². The Hall–Kier alpha value is -2.12. The first-order valence-corrected chi connectivity index (χ1v) is 8.84. The second-order valence-electron chi connectivity index (χ2n) is 7.28. The molecule has 7 nitrogen and oxygen atoms in total. The van der Waals surface area contributed by atoms with Crippen LogP contribution in [0.1, 0.15) is 22.7 Å². The molecule has 4 rings (SSSR count). The monoisotopic (exact) mass is 343 g/mol. The number of amides is 1. The van der Waals surface area contributed by atoms with Crippen LogP contribution >= 0.6 is 0 Å². The molecule has 1 atom stereocenters. The van der Waals surface area contributed by atoms with Crippen LogP contribution in [0.4, 0.5) is 0 Å². The van der Waals surface area contributed by atoms with Gasteiger partial charge in [-0.05, 0) is 25.1 Å². The normalized spacial score (nSPS) is 24.8. The van der Waals surface area contributed by atoms with Gasteiger partial charge < -0.3 is 19.2 Å². The van der Waals surface area contributed by atoms with Gasteiger partial charge in [-0.3, -0.25) is 9.69 Å². The maximum absolute atomic E-state index is 12.7. The standard InChI is InChI=1S/C18H25N5O2/c1-21-8-6-20-16(21)11-22-7-4-18(12-22)13-23(9-10-25-14-18)17(24)15-3-2-5-19-15/h2-3,5-6,8,19H,4,7,9-14H2,1H3/t18-/m1/s1. The highest BCUT2D eigenvalue weighted by molar-refractivity contribution is 5.92. The van der Waals surface area contributed by atoms with E-state index in [4.69, 9.17) is 4.74 Å². The number of aromatic amines is 1. The number of hydrogen-bond donors (Lipinski definition) is 1. The van der Waals surface area contributed by atoms with Gasteiger partial charge in [0.25, 0.3) is 5.91 Å². The van der Waals surface area contributed by atoms with E-state index in [1.165, 1.54) is 0 Å². The topological polar surface area (TPSA) is 66.4 Å². The lowest BCUT2D eigenvalue weighted by Gasteiger charge is -2.31. The summed E-state index contributed by atoms with van der Waals surface area (Å²) in [5.74, 6) is 1.14. The molecule has 7 heteroatoms. The number of nitrogens with zero attached hydrogens (tertiary/aromatic N) is 4. The van der Waals surface area contributed by atoms with E-state index in [1.54, 1.807) is 6.20 Å². The number of nitrogens with one attached hydrogen (secondary N) is 1. The van der Waals surface area contributed by atoms with Crippen LogP contribution < -0.4 is 0 Å². The zero-order valence-electron chi connectivity index (χ0n) is 14.6. The molecule has 2 fully saturated rings. The molecular formula is C18H25N5O2. The maximum atomic E-state index is 12.7. The first kappa shape index (κ1) is 16.4. The molecule has 2 saturated heterocycles. The van der Waals surface area contributed by atoms with Gasteiger partial charge in [-0.2, -0.15) is 0 Å². The molecular weight excluding hydrogens is 318 g/mol. The lowest BCUT2D eigenvalue weighted by Crippen LogP contribution is -2.43. The number of carbonyl (C=O) groups is 1. The van der Waals surface area contributed by atoms with E-state index in [2.05, 4.69) is 19.4 Å². The number of imidazole rings is 1. The van der Waals surface area contributed by atoms with Crippen LogP contribution in [0.2, 0.25) is 0 Å². The summed E-state index contributed by atoms with van der Waals surface area (Å²) < 4.78 is 7.95. The summed E-state index contributed by atoms with van der Waals surface area (Å²) in [6.07, 6.45) is 6.66. The van der Waals surface area contributed by atoms with Crippen molar-refractivity contribution in [2.45, 2.75) is 13.0 Å². The number of aryl methyl sites for hydroxylation is 1. The molecule has 134 valence electrons. The van der Waals surface area contributed by atoms with Gasteiger partial charge in [-0.1, -0.05) is 0 Å². The van der Waals surface area contributed by atoms with Gasteiger partial charge in [0.05, 0.1) is 19.8 Å². The predicted molar refractivity (Wildman–Crippen MR) is 93.1 cm³/mol. The lowest BCUT2D eigenvalue weighted by molar-refractivity contribution is 0.0639. The van der Waals surface area contributed by atoms with Gasteiger partial charge >= 0.3 is 0 Å². The van der Waals surface area contributed by atoms with E-state index in [-0.39, 0.29) is 11.3 Å². The molecule has 0 aliphatic carbocycles. The molecule has 2 aromatic rings. The summed E-state index contributed by atoms with van der Waals surface area (Å²) >= 11 is 0. The van der Waals surface area contributed by atoms with Gasteiger partial charge in [-0.15, -0.1) is 0 Å². The second kappa shape index (κ2) is 6.65. The molecule has 25 heavy (non-hydrogen) atoms. The van der Waals surface area contributed by atoms with Crippen LogP contribution in [-0.4, -0.2) is 69.6 Å². The van der Waals surface area contributed by atoms with Crippen LogP contribution in [-0.2, 0) is 18.3 Å². The second-order valence-corrected chi connectivity index (χ2v) is 7.28. The van der Waals surface area contributed by atoms with Gasteiger partial charge in [0.1, 0.15) is 11.5 Å². The molecule has 0 saturated carbocycles. The zero-order valence-corrected chi connectivity index (χ0v) is 14.6. The first-order chi connectivity index (χ1) is 12.2. The number of rotatable bonds is 3. The van der Waals surface area contributed by atoms with Crippen molar-refractivity contribution >= 4 is 5.91 Å². The minimum Gasteiger partial charge on any atom is -0.379 e. The van der Waals surface area contributed by atoms with Crippen molar-refractivity contribution in [3.8, 4) is 0 Å². The first-order valence-electron chi connectivity index (χ1n) is 8.84. The van der Waals surface area contributed by atoms with Gasteiger partial charge in [0, 0.05) is 50.7 Å². The maximum Gasteiger partial charge on any atom is 0.270 e. The molecule has 2 aliphatic heterocycles. The highest BCUT2D eigenvalue weighted by atomic mass is 16.5. The van der Waals surface area contributed by atoms with Gasteiger partial charge in [-0.25, -0.2) is 4.98 Å². The molecule has 1 spiro atoms. The number of likely N-dealkylation sites (tertiary alicyclic amines) is 1. The fourth-order valence-electron chi connectivity index (χ4n) is 3.96. The number of aromatic nitrogens is 3. The number of carbonyl (C=O) groups excluding carboxylic acids is 1. The van der Waals surface area contributed by atoms with E-state index in [1.807, 2.05) is 36.5 Å². The fourth-order valence-corrected chi connectivity index (χ4v) is 3.96. The Morgan fingerprint density at radius 2 is 2.32 bits per heavy atom. The number of H-pyrrole nitrogens is 1. The Kier molecular flexibility index (Phi) is 4.35. The Bertz CT molecular complexity index is 726. The van der Waals surface area contributed by atoms with Crippen molar-refractivity contribution in [3.05, 3.63) is 42.2 Å². The largest absolute Gasteiger partial charge is 0.379 e. The molecule has 1 N–H and O–H groups in total. The van der Waals surface area contributed by atoms with E-state index >= 15 is 0 Å². The van der Waals surface area contributed by atoms with Gasteiger partial charge in [0.2, 0.25) is 0 Å². The molecule has 2 aromatic heterocycles. The van der Waals surface area contributed by atoms with Crippen molar-refractivity contribution in [1.29, 1.82) is 0 Å². The third-order valence-electron chi connectivity index (χ3n) is 5.36. The summed E-state index contributed by atoms with van der Waals surface area (Å²) in [5.41, 5.74) is 0.670. The summed E-state index contributed by atoms with van der Waals surface area (Å²) in [6.45, 7) is 5.53. The van der Waals surface area contributed by atoms with Gasteiger partial charge in [0.15, 0.2) is 0 Å². The Morgan fingerprint density at radius 1 is 1.40 bits per heavy atom. The van der Waals surface area contributed by atoms with Crippen molar-refractivity contribution < 1.29 is 9.53 Å². The summed E-state index contributed by atoms with van der Waals surface area (Å²) in [5, 5.41) is 0. The van der Waals surface area contributed by atoms with Crippen molar-refractivity contribution in [2.24, 2.45) is 12.5 Å².